The SMILES string of the molecule is NS(=O)(=O)c1nnc(C(F)(F)F)n1-c1ccccc1. The van der Waals surface area contributed by atoms with Crippen LogP contribution in [0, 0.1) is 0 Å². The largest absolute Gasteiger partial charge is 0.452 e. The van der Waals surface area contributed by atoms with Gasteiger partial charge in [-0.2, -0.15) is 13.2 Å². The lowest BCUT2D eigenvalue weighted by molar-refractivity contribution is -0.146. The molecule has 0 saturated heterocycles. The maximum atomic E-state index is 12.8. The van der Waals surface area contributed by atoms with Gasteiger partial charge in [0.1, 0.15) is 0 Å². The fraction of sp³-hybridized carbons (Fsp3) is 0.111. The molecule has 2 aromatic rings. The number of para-hydroxylation sites is 1. The first kappa shape index (κ1) is 13.5. The van der Waals surface area contributed by atoms with Crippen molar-refractivity contribution >= 4 is 10.0 Å². The molecular weight excluding hydrogens is 285 g/mol. The minimum absolute atomic E-state index is 0.0520. The molecule has 0 aliphatic heterocycles. The molecular formula is C9H7F3N4O2S. The van der Waals surface area contributed by atoms with Gasteiger partial charge in [0.15, 0.2) is 0 Å². The highest BCUT2D eigenvalue weighted by Crippen LogP contribution is 2.30. The topological polar surface area (TPSA) is 90.9 Å². The number of halogens is 3. The zero-order valence-electron chi connectivity index (χ0n) is 9.16. The first-order chi connectivity index (χ1) is 8.71. The predicted octanol–water partition coefficient (Wildman–Crippen LogP) is 0.934. The molecule has 19 heavy (non-hydrogen) atoms. The van der Waals surface area contributed by atoms with E-state index in [0.717, 1.165) is 0 Å². The molecule has 0 spiro atoms. The molecule has 1 heterocycles. The van der Waals surface area contributed by atoms with E-state index in [4.69, 9.17) is 5.14 Å². The van der Waals surface area contributed by atoms with Crippen molar-refractivity contribution in [3.05, 3.63) is 36.2 Å². The van der Waals surface area contributed by atoms with Gasteiger partial charge in [0.05, 0.1) is 0 Å². The van der Waals surface area contributed by atoms with Gasteiger partial charge in [-0.3, -0.25) is 4.57 Å². The van der Waals surface area contributed by atoms with Crippen LogP contribution >= 0.6 is 0 Å². The van der Waals surface area contributed by atoms with Crippen molar-refractivity contribution in [3.8, 4) is 5.69 Å². The number of nitrogens with two attached hydrogens (primary N) is 1. The van der Waals surface area contributed by atoms with Crippen LogP contribution in [-0.2, 0) is 16.2 Å². The Labute approximate surface area is 105 Å². The lowest BCUT2D eigenvalue weighted by Crippen LogP contribution is -2.21. The first-order valence-electron chi connectivity index (χ1n) is 4.82. The van der Waals surface area contributed by atoms with Gasteiger partial charge in [0, 0.05) is 5.69 Å². The number of benzene rings is 1. The second-order valence-corrected chi connectivity index (χ2v) is 4.98. The normalized spacial score (nSPS) is 12.6. The van der Waals surface area contributed by atoms with Crippen LogP contribution in [0.15, 0.2) is 35.5 Å². The summed E-state index contributed by atoms with van der Waals surface area (Å²) in [6.07, 6.45) is -4.86. The molecule has 0 aliphatic rings. The number of primary sulfonamides is 1. The Morgan fingerprint density at radius 2 is 1.68 bits per heavy atom. The maximum absolute atomic E-state index is 12.8. The number of nitrogens with zero attached hydrogens (tertiary/aromatic N) is 3. The van der Waals surface area contributed by atoms with E-state index in [-0.39, 0.29) is 5.69 Å². The van der Waals surface area contributed by atoms with Gasteiger partial charge in [-0.25, -0.2) is 13.6 Å². The maximum Gasteiger partial charge on any atom is 0.452 e. The summed E-state index contributed by atoms with van der Waals surface area (Å²) < 4.78 is 61.2. The van der Waals surface area contributed by atoms with Crippen LogP contribution in [-0.4, -0.2) is 23.2 Å². The van der Waals surface area contributed by atoms with E-state index in [0.29, 0.717) is 4.57 Å². The third-order valence-electron chi connectivity index (χ3n) is 2.16. The van der Waals surface area contributed by atoms with Gasteiger partial charge in [0.2, 0.25) is 5.82 Å². The summed E-state index contributed by atoms with van der Waals surface area (Å²) in [4.78, 5) is 0. The summed E-state index contributed by atoms with van der Waals surface area (Å²) in [7, 11) is -4.43. The van der Waals surface area contributed by atoms with Crippen molar-refractivity contribution in [2.45, 2.75) is 11.3 Å². The van der Waals surface area contributed by atoms with Gasteiger partial charge >= 0.3 is 6.18 Å². The van der Waals surface area contributed by atoms with E-state index in [1.807, 2.05) is 0 Å². The van der Waals surface area contributed by atoms with Crippen LogP contribution in [0.2, 0.25) is 0 Å². The Bertz CT molecular complexity index is 694. The number of sulfonamides is 1. The fourth-order valence-electron chi connectivity index (χ4n) is 1.45. The Morgan fingerprint density at radius 3 is 2.16 bits per heavy atom. The number of aromatic nitrogens is 3. The molecule has 0 atom stereocenters. The third-order valence-corrected chi connectivity index (χ3v) is 2.93. The van der Waals surface area contributed by atoms with Gasteiger partial charge < -0.3 is 0 Å². The van der Waals surface area contributed by atoms with Gasteiger partial charge in [-0.1, -0.05) is 18.2 Å². The predicted molar refractivity (Wildman–Crippen MR) is 57.7 cm³/mol. The second kappa shape index (κ2) is 4.31. The van der Waals surface area contributed by atoms with Crippen molar-refractivity contribution in [1.82, 2.24) is 14.8 Å². The molecule has 6 nitrogen and oxygen atoms in total. The van der Waals surface area contributed by atoms with Crippen molar-refractivity contribution < 1.29 is 21.6 Å². The molecule has 0 unspecified atom stereocenters. The molecule has 10 heteroatoms. The van der Waals surface area contributed by atoms with E-state index in [2.05, 4.69) is 10.2 Å². The summed E-state index contributed by atoms with van der Waals surface area (Å²) in [6, 6.07) is 7.03. The van der Waals surface area contributed by atoms with Gasteiger partial charge in [-0.05, 0) is 12.1 Å². The lowest BCUT2D eigenvalue weighted by atomic mass is 10.3. The van der Waals surface area contributed by atoms with Crippen LogP contribution in [0.1, 0.15) is 5.82 Å². The van der Waals surface area contributed by atoms with E-state index in [9.17, 15) is 21.6 Å². The van der Waals surface area contributed by atoms with Crippen molar-refractivity contribution in [3.63, 3.8) is 0 Å². The summed E-state index contributed by atoms with van der Waals surface area (Å²) in [5.41, 5.74) is -0.0520. The van der Waals surface area contributed by atoms with E-state index < -0.39 is 27.2 Å². The van der Waals surface area contributed by atoms with E-state index in [1.165, 1.54) is 24.3 Å². The average Bonchev–Trinajstić information content (AvgIpc) is 2.73. The van der Waals surface area contributed by atoms with Crippen LogP contribution < -0.4 is 5.14 Å². The molecule has 0 fully saturated rings. The molecule has 0 saturated carbocycles. The standard InChI is InChI=1S/C9H7F3N4O2S/c10-9(11,12)7-14-15-8(19(13,17)18)16(7)6-4-2-1-3-5-6/h1-5H,(H2,13,17,18). The molecule has 2 rings (SSSR count). The van der Waals surface area contributed by atoms with Crippen LogP contribution in [0.25, 0.3) is 5.69 Å². The summed E-state index contributed by atoms with van der Waals surface area (Å²) >= 11 is 0. The molecule has 1 aromatic heterocycles. The zero-order chi connectivity index (χ0) is 14.3. The summed E-state index contributed by atoms with van der Waals surface area (Å²) in [5, 5.41) is 9.74. The zero-order valence-corrected chi connectivity index (χ0v) is 9.98. The number of rotatable bonds is 2. The monoisotopic (exact) mass is 292 g/mol. The van der Waals surface area contributed by atoms with Crippen molar-refractivity contribution in [2.24, 2.45) is 5.14 Å². The van der Waals surface area contributed by atoms with Crippen LogP contribution in [0.4, 0.5) is 13.2 Å². The molecule has 0 aliphatic carbocycles. The number of hydrogen-bond donors (Lipinski definition) is 1. The first-order valence-corrected chi connectivity index (χ1v) is 6.37. The highest BCUT2D eigenvalue weighted by Gasteiger charge is 2.40. The Morgan fingerprint density at radius 1 is 1.11 bits per heavy atom. The quantitative estimate of drug-likeness (QED) is 0.891. The molecule has 2 N–H and O–H groups in total. The minimum atomic E-state index is -4.86. The van der Waals surface area contributed by atoms with Gasteiger partial charge in [-0.15, -0.1) is 10.2 Å². The Kier molecular flexibility index (Phi) is 3.06. The average molecular weight is 292 g/mol. The fourth-order valence-corrected chi connectivity index (χ4v) is 2.05. The Balaban J connectivity index is 2.79. The molecule has 0 amide bonds. The van der Waals surface area contributed by atoms with Crippen LogP contribution in [0.5, 0.6) is 0 Å². The molecule has 0 bridgehead atoms. The molecule has 0 radical (unpaired) electrons. The van der Waals surface area contributed by atoms with Crippen LogP contribution in [0.3, 0.4) is 0 Å². The van der Waals surface area contributed by atoms with Crippen molar-refractivity contribution in [1.29, 1.82) is 0 Å². The Hall–Kier alpha value is -1.94. The van der Waals surface area contributed by atoms with E-state index >= 15 is 0 Å². The second-order valence-electron chi connectivity index (χ2n) is 3.52. The molecule has 1 aromatic carbocycles. The van der Waals surface area contributed by atoms with E-state index in [1.54, 1.807) is 6.07 Å². The minimum Gasteiger partial charge on any atom is -0.261 e. The lowest BCUT2D eigenvalue weighted by Gasteiger charge is -2.10. The molecule has 102 valence electrons. The number of hydrogen-bond acceptors (Lipinski definition) is 4. The summed E-state index contributed by atoms with van der Waals surface area (Å²) in [5.74, 6) is -1.46. The van der Waals surface area contributed by atoms with Crippen molar-refractivity contribution in [2.75, 3.05) is 0 Å². The van der Waals surface area contributed by atoms with Gasteiger partial charge in [0.25, 0.3) is 15.2 Å². The smallest absolute Gasteiger partial charge is 0.261 e. The third kappa shape index (κ3) is 2.58. The summed E-state index contributed by atoms with van der Waals surface area (Å²) in [6.45, 7) is 0. The number of alkyl halides is 3. The highest BCUT2D eigenvalue weighted by atomic mass is 32.2. The highest BCUT2D eigenvalue weighted by molar-refractivity contribution is 7.89.